The quantitative estimate of drug-likeness (QED) is 0.874. The van der Waals surface area contributed by atoms with E-state index < -0.39 is 15.6 Å². The van der Waals surface area contributed by atoms with Gasteiger partial charge in [0.25, 0.3) is 0 Å². The molecule has 2 aromatic carbocycles. The second-order valence-electron chi connectivity index (χ2n) is 6.58. The molecule has 0 saturated heterocycles. The Morgan fingerprint density at radius 2 is 1.57 bits per heavy atom. The Kier molecular flexibility index (Phi) is 4.73. The highest BCUT2D eigenvalue weighted by Crippen LogP contribution is 2.16. The maximum Gasteiger partial charge on any atom is 0.241 e. The predicted molar refractivity (Wildman–Crippen MR) is 91.1 cm³/mol. The Labute approximate surface area is 137 Å². The van der Waals surface area contributed by atoms with Crippen molar-refractivity contribution < 1.29 is 13.2 Å². The summed E-state index contributed by atoms with van der Waals surface area (Å²) in [6.07, 6.45) is 0. The largest absolute Gasteiger partial charge is 0.289 e. The van der Waals surface area contributed by atoms with Crippen LogP contribution in [0.4, 0.5) is 0 Å². The predicted octanol–water partition coefficient (Wildman–Crippen LogP) is 3.30. The molecule has 0 aliphatic heterocycles. The van der Waals surface area contributed by atoms with E-state index in [2.05, 4.69) is 4.72 Å². The van der Waals surface area contributed by atoms with E-state index in [1.807, 2.05) is 25.1 Å². The van der Waals surface area contributed by atoms with E-state index in [4.69, 9.17) is 0 Å². The molecule has 0 unspecified atom stereocenters. The number of benzene rings is 2. The molecule has 2 aromatic rings. The van der Waals surface area contributed by atoms with E-state index in [0.29, 0.717) is 11.1 Å². The first-order valence-corrected chi connectivity index (χ1v) is 8.82. The highest BCUT2D eigenvalue weighted by atomic mass is 32.2. The molecule has 0 radical (unpaired) electrons. The van der Waals surface area contributed by atoms with Crippen LogP contribution in [0.1, 0.15) is 42.3 Å². The maximum atomic E-state index is 12.4. The van der Waals surface area contributed by atoms with E-state index in [-0.39, 0.29) is 10.7 Å². The Bertz CT molecular complexity index is 816. The van der Waals surface area contributed by atoms with Gasteiger partial charge in [-0.25, -0.2) is 13.1 Å². The molecule has 0 atom stereocenters. The Morgan fingerprint density at radius 3 is 2.09 bits per heavy atom. The highest BCUT2D eigenvalue weighted by Gasteiger charge is 2.22. The average Bonchev–Trinajstić information content (AvgIpc) is 2.44. The third-order valence-corrected chi connectivity index (χ3v) is 4.92. The van der Waals surface area contributed by atoms with Crippen molar-refractivity contribution in [2.75, 3.05) is 0 Å². The van der Waals surface area contributed by atoms with Crippen molar-refractivity contribution in [2.45, 2.75) is 38.1 Å². The van der Waals surface area contributed by atoms with Crippen LogP contribution in [0.25, 0.3) is 0 Å². The second kappa shape index (κ2) is 6.26. The molecule has 0 amide bonds. The number of ketones is 1. The molecule has 0 aliphatic carbocycles. The average molecular weight is 331 g/mol. The zero-order valence-corrected chi connectivity index (χ0v) is 14.6. The number of carbonyl (C=O) groups is 1. The fourth-order valence-corrected chi connectivity index (χ4v) is 3.62. The number of hydrogen-bond acceptors (Lipinski definition) is 3. The fraction of sp³-hybridized carbons (Fsp3) is 0.278. The standard InChI is InChI=1S/C18H21NO3S/c1-13-6-5-7-15(12-13)17(20)14-8-10-16(11-9-14)23(21,22)19-18(2,3)4/h5-12,19H,1-4H3. The minimum atomic E-state index is -3.59. The number of aryl methyl sites for hydroxylation is 1. The van der Waals surface area contributed by atoms with Crippen LogP contribution in [0.15, 0.2) is 53.4 Å². The van der Waals surface area contributed by atoms with Crippen molar-refractivity contribution in [2.24, 2.45) is 0 Å². The van der Waals surface area contributed by atoms with Crippen molar-refractivity contribution >= 4 is 15.8 Å². The Morgan fingerprint density at radius 1 is 0.957 bits per heavy atom. The van der Waals surface area contributed by atoms with E-state index in [1.165, 1.54) is 12.1 Å². The molecule has 0 heterocycles. The molecule has 1 N–H and O–H groups in total. The summed E-state index contributed by atoms with van der Waals surface area (Å²) in [6.45, 7) is 7.26. The summed E-state index contributed by atoms with van der Waals surface area (Å²) in [4.78, 5) is 12.6. The van der Waals surface area contributed by atoms with E-state index >= 15 is 0 Å². The van der Waals surface area contributed by atoms with Crippen molar-refractivity contribution in [1.29, 1.82) is 0 Å². The summed E-state index contributed by atoms with van der Waals surface area (Å²) in [6, 6.07) is 13.3. The van der Waals surface area contributed by atoms with Crippen LogP contribution in [-0.2, 0) is 10.0 Å². The number of carbonyl (C=O) groups excluding carboxylic acids is 1. The number of rotatable bonds is 4. The van der Waals surface area contributed by atoms with Gasteiger partial charge >= 0.3 is 0 Å². The van der Waals surface area contributed by atoms with Crippen LogP contribution < -0.4 is 4.72 Å². The fourth-order valence-electron chi connectivity index (χ4n) is 2.20. The van der Waals surface area contributed by atoms with Gasteiger partial charge < -0.3 is 0 Å². The van der Waals surface area contributed by atoms with E-state index in [0.717, 1.165) is 5.56 Å². The molecule has 122 valence electrons. The molecular weight excluding hydrogens is 310 g/mol. The summed E-state index contributed by atoms with van der Waals surface area (Å²) in [5.41, 5.74) is 1.50. The van der Waals surface area contributed by atoms with E-state index in [1.54, 1.807) is 39.0 Å². The first-order chi connectivity index (χ1) is 10.6. The summed E-state index contributed by atoms with van der Waals surface area (Å²) in [5.74, 6) is -0.124. The normalized spacial score (nSPS) is 12.2. The number of nitrogens with one attached hydrogen (secondary N) is 1. The summed E-state index contributed by atoms with van der Waals surface area (Å²) in [7, 11) is -3.59. The lowest BCUT2D eigenvalue weighted by atomic mass is 10.0. The second-order valence-corrected chi connectivity index (χ2v) is 8.26. The third kappa shape index (κ3) is 4.50. The Hall–Kier alpha value is -1.98. The third-order valence-electron chi connectivity index (χ3n) is 3.15. The van der Waals surface area contributed by atoms with Crippen LogP contribution in [0.5, 0.6) is 0 Å². The number of sulfonamides is 1. The van der Waals surface area contributed by atoms with Crippen LogP contribution in [0.3, 0.4) is 0 Å². The molecule has 2 rings (SSSR count). The highest BCUT2D eigenvalue weighted by molar-refractivity contribution is 7.89. The minimum Gasteiger partial charge on any atom is -0.289 e. The monoisotopic (exact) mass is 331 g/mol. The van der Waals surface area contributed by atoms with Crippen molar-refractivity contribution in [1.82, 2.24) is 4.72 Å². The Balaban J connectivity index is 2.28. The molecule has 0 fully saturated rings. The maximum absolute atomic E-state index is 12.4. The molecule has 0 saturated carbocycles. The molecule has 23 heavy (non-hydrogen) atoms. The lowest BCUT2D eigenvalue weighted by Gasteiger charge is -2.20. The molecule has 0 spiro atoms. The van der Waals surface area contributed by atoms with Crippen LogP contribution >= 0.6 is 0 Å². The smallest absolute Gasteiger partial charge is 0.241 e. The molecule has 4 nitrogen and oxygen atoms in total. The molecule has 0 aliphatic rings. The van der Waals surface area contributed by atoms with Gasteiger partial charge in [-0.15, -0.1) is 0 Å². The summed E-state index contributed by atoms with van der Waals surface area (Å²) in [5, 5.41) is 0. The zero-order valence-electron chi connectivity index (χ0n) is 13.8. The van der Waals surface area contributed by atoms with Gasteiger partial charge in [-0.1, -0.05) is 23.8 Å². The molecule has 0 bridgehead atoms. The van der Waals surface area contributed by atoms with Gasteiger partial charge in [0, 0.05) is 16.7 Å². The summed E-state index contributed by atoms with van der Waals surface area (Å²) >= 11 is 0. The van der Waals surface area contributed by atoms with E-state index in [9.17, 15) is 13.2 Å². The van der Waals surface area contributed by atoms with Gasteiger partial charge in [0.1, 0.15) is 0 Å². The van der Waals surface area contributed by atoms with Gasteiger partial charge in [0.15, 0.2) is 5.78 Å². The van der Waals surface area contributed by atoms with Gasteiger partial charge in [-0.05, 0) is 58.0 Å². The molecule has 0 aromatic heterocycles. The first kappa shape index (κ1) is 17.4. The minimum absolute atomic E-state index is 0.124. The van der Waals surface area contributed by atoms with Gasteiger partial charge in [0.2, 0.25) is 10.0 Å². The van der Waals surface area contributed by atoms with Crippen molar-refractivity contribution in [3.63, 3.8) is 0 Å². The summed E-state index contributed by atoms with van der Waals surface area (Å²) < 4.78 is 27.1. The van der Waals surface area contributed by atoms with Crippen LogP contribution in [0, 0.1) is 6.92 Å². The molecular formula is C18H21NO3S. The lowest BCUT2D eigenvalue weighted by Crippen LogP contribution is -2.40. The van der Waals surface area contributed by atoms with Crippen molar-refractivity contribution in [3.8, 4) is 0 Å². The SMILES string of the molecule is Cc1cccc(C(=O)c2ccc(S(=O)(=O)NC(C)(C)C)cc2)c1. The molecule has 5 heteroatoms. The topological polar surface area (TPSA) is 63.2 Å². The lowest BCUT2D eigenvalue weighted by molar-refractivity contribution is 0.103. The van der Waals surface area contributed by atoms with Crippen LogP contribution in [0.2, 0.25) is 0 Å². The van der Waals surface area contributed by atoms with Crippen LogP contribution in [-0.4, -0.2) is 19.7 Å². The van der Waals surface area contributed by atoms with Gasteiger partial charge in [-0.3, -0.25) is 4.79 Å². The van der Waals surface area contributed by atoms with Gasteiger partial charge in [-0.2, -0.15) is 0 Å². The number of hydrogen-bond donors (Lipinski definition) is 1. The first-order valence-electron chi connectivity index (χ1n) is 7.34. The van der Waals surface area contributed by atoms with Gasteiger partial charge in [0.05, 0.1) is 4.90 Å². The van der Waals surface area contributed by atoms with Crippen molar-refractivity contribution in [3.05, 3.63) is 65.2 Å². The zero-order chi connectivity index (χ0) is 17.3.